The first-order chi connectivity index (χ1) is 9.74. The molecule has 104 valence electrons. The molecular weight excluding hydrogens is 256 g/mol. The smallest absolute Gasteiger partial charge is 0.233 e. The van der Waals surface area contributed by atoms with Gasteiger partial charge in [-0.25, -0.2) is 0 Å². The van der Waals surface area contributed by atoms with Crippen molar-refractivity contribution in [3.05, 3.63) is 30.2 Å². The normalized spacial score (nSPS) is 15.9. The van der Waals surface area contributed by atoms with Crippen molar-refractivity contribution in [2.45, 2.75) is 25.9 Å². The van der Waals surface area contributed by atoms with E-state index in [2.05, 4.69) is 20.2 Å². The third-order valence-electron chi connectivity index (χ3n) is 3.17. The summed E-state index contributed by atoms with van der Waals surface area (Å²) in [5.41, 5.74) is 1.62. The molecule has 0 bridgehead atoms. The highest BCUT2D eigenvalue weighted by atomic mass is 16.5. The summed E-state index contributed by atoms with van der Waals surface area (Å²) in [5.74, 6) is 1.20. The van der Waals surface area contributed by atoms with Crippen LogP contribution in [0.15, 0.2) is 24.5 Å². The minimum absolute atomic E-state index is 0.494. The molecule has 1 N–H and O–H groups in total. The summed E-state index contributed by atoms with van der Waals surface area (Å²) >= 11 is 0. The van der Waals surface area contributed by atoms with E-state index in [1.165, 1.54) is 12.8 Å². The van der Waals surface area contributed by atoms with Crippen molar-refractivity contribution in [3.63, 3.8) is 0 Å². The van der Waals surface area contributed by atoms with Gasteiger partial charge in [-0.2, -0.15) is 0 Å². The molecule has 6 heteroatoms. The minimum atomic E-state index is -0.703. The fourth-order valence-electron chi connectivity index (χ4n) is 1.86. The molecule has 0 amide bonds. The number of hydrogen-bond acceptors (Lipinski definition) is 6. The maximum absolute atomic E-state index is 9.70. The summed E-state index contributed by atoms with van der Waals surface area (Å²) in [6.45, 7) is 2.35. The molecule has 6 nitrogen and oxygen atoms in total. The number of aromatic nitrogens is 4. The van der Waals surface area contributed by atoms with E-state index in [0.717, 1.165) is 0 Å². The molecule has 3 rings (SSSR count). The van der Waals surface area contributed by atoms with E-state index in [1.54, 1.807) is 31.5 Å². The summed E-state index contributed by atoms with van der Waals surface area (Å²) < 4.78 is 5.54. The van der Waals surface area contributed by atoms with Crippen LogP contribution in [0.4, 0.5) is 0 Å². The Hall–Kier alpha value is -2.08. The van der Waals surface area contributed by atoms with Crippen molar-refractivity contribution in [1.82, 2.24) is 20.2 Å². The molecule has 2 aromatic rings. The van der Waals surface area contributed by atoms with E-state index in [-0.39, 0.29) is 0 Å². The number of nitrogens with zero attached hydrogens (tertiary/aromatic N) is 4. The zero-order chi connectivity index (χ0) is 13.9. The predicted octanol–water partition coefficient (Wildman–Crippen LogP) is 1.78. The van der Waals surface area contributed by atoms with Gasteiger partial charge in [0.05, 0.1) is 18.4 Å². The molecule has 0 aromatic carbocycles. The summed E-state index contributed by atoms with van der Waals surface area (Å²) in [6, 6.07) is 3.55. The number of aliphatic hydroxyl groups excluding tert-OH is 1. The van der Waals surface area contributed by atoms with Crippen molar-refractivity contribution >= 4 is 0 Å². The van der Waals surface area contributed by atoms with Crippen LogP contribution in [0.1, 0.15) is 31.6 Å². The molecule has 1 atom stereocenters. The first-order valence-electron chi connectivity index (χ1n) is 6.70. The number of hydrogen-bond donors (Lipinski definition) is 1. The van der Waals surface area contributed by atoms with Crippen LogP contribution >= 0.6 is 0 Å². The standard InChI is InChI=1S/C14H16N4O2/c1-9(19)13-14(16-7-6-15-13)11-4-5-12(18-17-11)20-8-10-2-3-10/h4-7,9-10,19H,2-3,8H2,1H3. The van der Waals surface area contributed by atoms with E-state index in [4.69, 9.17) is 4.74 Å². The topological polar surface area (TPSA) is 81.0 Å². The number of rotatable bonds is 5. The Labute approximate surface area is 116 Å². The Morgan fingerprint density at radius 2 is 2.05 bits per heavy atom. The highest BCUT2D eigenvalue weighted by Crippen LogP contribution is 2.29. The largest absolute Gasteiger partial charge is 0.476 e. The van der Waals surface area contributed by atoms with Gasteiger partial charge in [0.2, 0.25) is 5.88 Å². The van der Waals surface area contributed by atoms with Crippen LogP contribution < -0.4 is 4.74 Å². The van der Waals surface area contributed by atoms with Crippen molar-refractivity contribution in [3.8, 4) is 17.3 Å². The summed E-state index contributed by atoms with van der Waals surface area (Å²) in [6.07, 6.45) is 4.89. The lowest BCUT2D eigenvalue weighted by atomic mass is 10.1. The van der Waals surface area contributed by atoms with Crippen LogP contribution in [0.3, 0.4) is 0 Å². The van der Waals surface area contributed by atoms with Gasteiger partial charge in [0.15, 0.2) is 0 Å². The van der Waals surface area contributed by atoms with Gasteiger partial charge in [-0.05, 0) is 31.7 Å². The Kier molecular flexibility index (Phi) is 3.56. The van der Waals surface area contributed by atoms with Crippen molar-refractivity contribution < 1.29 is 9.84 Å². The Morgan fingerprint density at radius 3 is 2.70 bits per heavy atom. The van der Waals surface area contributed by atoms with Gasteiger partial charge in [0.1, 0.15) is 11.4 Å². The van der Waals surface area contributed by atoms with Gasteiger partial charge in [-0.1, -0.05) is 0 Å². The Balaban J connectivity index is 1.79. The lowest BCUT2D eigenvalue weighted by Gasteiger charge is -2.09. The highest BCUT2D eigenvalue weighted by molar-refractivity contribution is 5.56. The predicted molar refractivity (Wildman–Crippen MR) is 71.9 cm³/mol. The molecule has 1 fully saturated rings. The first kappa shape index (κ1) is 12.9. The third kappa shape index (κ3) is 2.91. The van der Waals surface area contributed by atoms with E-state index in [9.17, 15) is 5.11 Å². The highest BCUT2D eigenvalue weighted by Gasteiger charge is 2.22. The quantitative estimate of drug-likeness (QED) is 0.893. The van der Waals surface area contributed by atoms with Crippen LogP contribution in [0.2, 0.25) is 0 Å². The first-order valence-corrected chi connectivity index (χ1v) is 6.70. The van der Waals surface area contributed by atoms with Crippen molar-refractivity contribution in [1.29, 1.82) is 0 Å². The van der Waals surface area contributed by atoms with E-state index in [0.29, 0.717) is 35.5 Å². The fraction of sp³-hybridized carbons (Fsp3) is 0.429. The Bertz CT molecular complexity index is 582. The summed E-state index contributed by atoms with van der Waals surface area (Å²) in [7, 11) is 0. The molecule has 0 saturated heterocycles. The molecule has 2 aromatic heterocycles. The van der Waals surface area contributed by atoms with Crippen molar-refractivity contribution in [2.75, 3.05) is 6.61 Å². The molecule has 0 aliphatic heterocycles. The zero-order valence-electron chi connectivity index (χ0n) is 11.2. The number of ether oxygens (including phenoxy) is 1. The van der Waals surface area contributed by atoms with E-state index in [1.807, 2.05) is 0 Å². The van der Waals surface area contributed by atoms with Gasteiger partial charge in [0, 0.05) is 18.5 Å². The van der Waals surface area contributed by atoms with Crippen LogP contribution in [0.25, 0.3) is 11.4 Å². The molecule has 0 radical (unpaired) electrons. The maximum Gasteiger partial charge on any atom is 0.233 e. The molecule has 20 heavy (non-hydrogen) atoms. The minimum Gasteiger partial charge on any atom is -0.476 e. The molecule has 0 spiro atoms. The zero-order valence-corrected chi connectivity index (χ0v) is 11.2. The lowest BCUT2D eigenvalue weighted by Crippen LogP contribution is -2.04. The molecule has 1 aliphatic carbocycles. The summed E-state index contributed by atoms with van der Waals surface area (Å²) in [5, 5.41) is 17.8. The molecular formula is C14H16N4O2. The third-order valence-corrected chi connectivity index (χ3v) is 3.17. The van der Waals surface area contributed by atoms with Gasteiger partial charge in [-0.3, -0.25) is 9.97 Å². The van der Waals surface area contributed by atoms with Crippen LogP contribution in [0.5, 0.6) is 5.88 Å². The molecule has 1 saturated carbocycles. The van der Waals surface area contributed by atoms with E-state index >= 15 is 0 Å². The summed E-state index contributed by atoms with van der Waals surface area (Å²) in [4.78, 5) is 8.35. The lowest BCUT2D eigenvalue weighted by molar-refractivity contribution is 0.194. The van der Waals surface area contributed by atoms with Gasteiger partial charge < -0.3 is 9.84 Å². The Morgan fingerprint density at radius 1 is 1.25 bits per heavy atom. The molecule has 1 aliphatic rings. The second kappa shape index (κ2) is 5.50. The molecule has 2 heterocycles. The van der Waals surface area contributed by atoms with Crippen molar-refractivity contribution in [2.24, 2.45) is 5.92 Å². The second-order valence-electron chi connectivity index (χ2n) is 4.98. The SMILES string of the molecule is CC(O)c1nccnc1-c1ccc(OCC2CC2)nn1. The van der Waals surface area contributed by atoms with Gasteiger partial charge in [0.25, 0.3) is 0 Å². The van der Waals surface area contributed by atoms with Crippen LogP contribution in [0, 0.1) is 5.92 Å². The monoisotopic (exact) mass is 272 g/mol. The van der Waals surface area contributed by atoms with Gasteiger partial charge in [-0.15, -0.1) is 10.2 Å². The average Bonchev–Trinajstić information content (AvgIpc) is 3.30. The fourth-order valence-corrected chi connectivity index (χ4v) is 1.86. The second-order valence-corrected chi connectivity index (χ2v) is 4.98. The average molecular weight is 272 g/mol. The molecule has 1 unspecified atom stereocenters. The van der Waals surface area contributed by atoms with E-state index < -0.39 is 6.10 Å². The van der Waals surface area contributed by atoms with Gasteiger partial charge >= 0.3 is 0 Å². The van der Waals surface area contributed by atoms with Crippen LogP contribution in [-0.2, 0) is 0 Å². The van der Waals surface area contributed by atoms with Crippen LogP contribution in [-0.4, -0.2) is 31.9 Å². The number of aliphatic hydroxyl groups is 1. The maximum atomic E-state index is 9.70.